The molecule has 1 heterocycles. The molecule has 0 aromatic heterocycles. The number of anilines is 1. The van der Waals surface area contributed by atoms with E-state index in [9.17, 15) is 9.90 Å². The highest BCUT2D eigenvalue weighted by Crippen LogP contribution is 2.39. The third-order valence-electron chi connectivity index (χ3n) is 5.76. The van der Waals surface area contributed by atoms with E-state index in [1.807, 2.05) is 30.3 Å². The van der Waals surface area contributed by atoms with Gasteiger partial charge in [0.1, 0.15) is 5.54 Å². The van der Waals surface area contributed by atoms with Crippen LogP contribution in [0, 0.1) is 0 Å². The van der Waals surface area contributed by atoms with Gasteiger partial charge in [0.2, 0.25) is 0 Å². The number of likely N-dealkylation sites (tertiary alicyclic amines) is 1. The summed E-state index contributed by atoms with van der Waals surface area (Å²) >= 11 is 0. The van der Waals surface area contributed by atoms with Crippen molar-refractivity contribution in [3.63, 3.8) is 0 Å². The number of aryl methyl sites for hydroxylation is 1. The Morgan fingerprint density at radius 2 is 1.72 bits per heavy atom. The van der Waals surface area contributed by atoms with Gasteiger partial charge in [-0.1, -0.05) is 42.5 Å². The molecule has 0 bridgehead atoms. The van der Waals surface area contributed by atoms with Crippen LogP contribution in [0.5, 0.6) is 0 Å². The Hall–Kier alpha value is -2.33. The molecule has 130 valence electrons. The van der Waals surface area contributed by atoms with E-state index in [0.717, 1.165) is 31.6 Å². The van der Waals surface area contributed by atoms with Crippen LogP contribution in [0.2, 0.25) is 0 Å². The molecule has 0 amide bonds. The number of carboxylic acids is 1. The second-order valence-corrected chi connectivity index (χ2v) is 7.17. The molecule has 2 aromatic carbocycles. The summed E-state index contributed by atoms with van der Waals surface area (Å²) < 4.78 is 0. The highest BCUT2D eigenvalue weighted by Gasteiger charge is 2.43. The minimum atomic E-state index is -0.865. The summed E-state index contributed by atoms with van der Waals surface area (Å²) in [5, 5.41) is 13.2. The number of benzene rings is 2. The van der Waals surface area contributed by atoms with Crippen molar-refractivity contribution < 1.29 is 9.90 Å². The predicted molar refractivity (Wildman–Crippen MR) is 98.7 cm³/mol. The monoisotopic (exact) mass is 336 g/mol. The van der Waals surface area contributed by atoms with Crippen LogP contribution in [0.4, 0.5) is 5.69 Å². The van der Waals surface area contributed by atoms with Crippen molar-refractivity contribution in [3.8, 4) is 0 Å². The molecule has 1 aliphatic heterocycles. The van der Waals surface area contributed by atoms with E-state index in [1.165, 1.54) is 11.1 Å². The molecule has 2 aliphatic rings. The van der Waals surface area contributed by atoms with Crippen LogP contribution < -0.4 is 5.32 Å². The van der Waals surface area contributed by atoms with Crippen LogP contribution in [0.25, 0.3) is 0 Å². The van der Waals surface area contributed by atoms with Gasteiger partial charge in [0.25, 0.3) is 0 Å². The number of carboxylic acid groups (broad SMARTS) is 1. The average Bonchev–Trinajstić information content (AvgIpc) is 3.07. The van der Waals surface area contributed by atoms with Gasteiger partial charge in [-0.25, -0.2) is 4.79 Å². The number of piperidine rings is 1. The summed E-state index contributed by atoms with van der Waals surface area (Å²) in [7, 11) is 0. The van der Waals surface area contributed by atoms with E-state index in [1.54, 1.807) is 0 Å². The normalized spacial score (nSPS) is 22.3. The van der Waals surface area contributed by atoms with Crippen molar-refractivity contribution in [2.24, 2.45) is 0 Å². The third-order valence-corrected chi connectivity index (χ3v) is 5.76. The molecular weight excluding hydrogens is 312 g/mol. The van der Waals surface area contributed by atoms with Gasteiger partial charge in [-0.2, -0.15) is 0 Å². The zero-order valence-corrected chi connectivity index (χ0v) is 14.3. The van der Waals surface area contributed by atoms with Gasteiger partial charge in [0.15, 0.2) is 0 Å². The molecule has 0 spiro atoms. The summed E-state index contributed by atoms with van der Waals surface area (Å²) in [6.07, 6.45) is 3.51. The van der Waals surface area contributed by atoms with Crippen LogP contribution in [0.15, 0.2) is 54.6 Å². The lowest BCUT2D eigenvalue weighted by Gasteiger charge is -2.42. The van der Waals surface area contributed by atoms with Crippen LogP contribution >= 0.6 is 0 Å². The Morgan fingerprint density at radius 1 is 1.04 bits per heavy atom. The minimum Gasteiger partial charge on any atom is -0.480 e. The zero-order chi connectivity index (χ0) is 17.3. The maximum absolute atomic E-state index is 12.0. The number of para-hydroxylation sites is 1. The number of aliphatic carboxylic acids is 1. The number of hydrogen-bond acceptors (Lipinski definition) is 3. The Morgan fingerprint density at radius 3 is 2.44 bits per heavy atom. The Labute approximate surface area is 148 Å². The first-order valence-corrected chi connectivity index (χ1v) is 9.06. The Balaban J connectivity index is 1.49. The number of rotatable bonds is 4. The van der Waals surface area contributed by atoms with Gasteiger partial charge >= 0.3 is 5.97 Å². The number of fused-ring (bicyclic) bond motifs is 1. The fourth-order valence-electron chi connectivity index (χ4n) is 4.32. The molecule has 4 heteroatoms. The summed E-state index contributed by atoms with van der Waals surface area (Å²) in [5.41, 5.74) is 2.89. The second kappa shape index (κ2) is 6.52. The van der Waals surface area contributed by atoms with Crippen LogP contribution in [-0.2, 0) is 11.2 Å². The molecule has 0 saturated carbocycles. The lowest BCUT2D eigenvalue weighted by Crippen LogP contribution is -2.54. The predicted octanol–water partition coefficient (Wildman–Crippen LogP) is 3.71. The highest BCUT2D eigenvalue weighted by molar-refractivity contribution is 5.83. The number of carbonyl (C=O) groups is 1. The maximum atomic E-state index is 12.0. The number of nitrogens with one attached hydrogen (secondary N) is 1. The SMILES string of the molecule is O=C(O)C1(Nc2ccccc2)CCN([C@@H]2CCc3ccccc32)CC1. The Kier molecular flexibility index (Phi) is 4.22. The van der Waals surface area contributed by atoms with Gasteiger partial charge in [0.05, 0.1) is 0 Å². The summed E-state index contributed by atoms with van der Waals surface area (Å²) in [4.78, 5) is 14.5. The van der Waals surface area contributed by atoms with Gasteiger partial charge in [0, 0.05) is 24.8 Å². The maximum Gasteiger partial charge on any atom is 0.329 e. The van der Waals surface area contributed by atoms with Crippen molar-refractivity contribution >= 4 is 11.7 Å². The molecule has 0 unspecified atom stereocenters. The summed E-state index contributed by atoms with van der Waals surface area (Å²) in [5.74, 6) is -0.747. The molecule has 4 nitrogen and oxygen atoms in total. The van der Waals surface area contributed by atoms with Crippen molar-refractivity contribution in [1.82, 2.24) is 4.90 Å². The largest absolute Gasteiger partial charge is 0.480 e. The van der Waals surface area contributed by atoms with E-state index < -0.39 is 11.5 Å². The summed E-state index contributed by atoms with van der Waals surface area (Å²) in [6.45, 7) is 1.62. The van der Waals surface area contributed by atoms with E-state index in [0.29, 0.717) is 18.9 Å². The van der Waals surface area contributed by atoms with Crippen molar-refractivity contribution in [2.75, 3.05) is 18.4 Å². The van der Waals surface area contributed by atoms with Crippen molar-refractivity contribution in [2.45, 2.75) is 37.3 Å². The fraction of sp³-hybridized carbons (Fsp3) is 0.381. The fourth-order valence-corrected chi connectivity index (χ4v) is 4.32. The van der Waals surface area contributed by atoms with E-state index in [-0.39, 0.29) is 0 Å². The molecule has 1 atom stereocenters. The van der Waals surface area contributed by atoms with Gasteiger partial charge in [-0.3, -0.25) is 4.90 Å². The third kappa shape index (κ3) is 3.02. The molecule has 1 aliphatic carbocycles. The average molecular weight is 336 g/mol. The lowest BCUT2D eigenvalue weighted by atomic mass is 9.86. The molecule has 1 fully saturated rings. The van der Waals surface area contributed by atoms with Crippen molar-refractivity contribution in [1.29, 1.82) is 0 Å². The first kappa shape index (κ1) is 16.2. The molecule has 1 saturated heterocycles. The van der Waals surface area contributed by atoms with Gasteiger partial charge in [-0.05, 0) is 48.9 Å². The molecule has 25 heavy (non-hydrogen) atoms. The summed E-state index contributed by atoms with van der Waals surface area (Å²) in [6, 6.07) is 18.8. The molecule has 2 aromatic rings. The quantitative estimate of drug-likeness (QED) is 0.894. The second-order valence-electron chi connectivity index (χ2n) is 7.17. The molecular formula is C21H24N2O2. The number of nitrogens with zero attached hydrogens (tertiary/aromatic N) is 1. The van der Waals surface area contributed by atoms with E-state index >= 15 is 0 Å². The Bertz CT molecular complexity index is 752. The van der Waals surface area contributed by atoms with Crippen LogP contribution in [0.3, 0.4) is 0 Å². The topological polar surface area (TPSA) is 52.6 Å². The van der Waals surface area contributed by atoms with Gasteiger partial charge < -0.3 is 10.4 Å². The lowest BCUT2D eigenvalue weighted by molar-refractivity contribution is -0.144. The van der Waals surface area contributed by atoms with E-state index in [4.69, 9.17) is 0 Å². The smallest absolute Gasteiger partial charge is 0.329 e. The molecule has 2 N–H and O–H groups in total. The van der Waals surface area contributed by atoms with Gasteiger partial charge in [-0.15, -0.1) is 0 Å². The first-order valence-electron chi connectivity index (χ1n) is 9.06. The molecule has 4 rings (SSSR count). The minimum absolute atomic E-state index is 0.444. The first-order chi connectivity index (χ1) is 12.2. The standard InChI is InChI=1S/C21H24N2O2/c24-20(25)21(22-17-7-2-1-3-8-17)12-14-23(15-13-21)19-11-10-16-6-4-5-9-18(16)19/h1-9,19,22H,10-15H2,(H,24,25)/t19-/m1/s1. The number of hydrogen-bond donors (Lipinski definition) is 2. The van der Waals surface area contributed by atoms with Crippen LogP contribution in [0.1, 0.15) is 36.4 Å². The van der Waals surface area contributed by atoms with E-state index in [2.05, 4.69) is 34.5 Å². The molecule has 0 radical (unpaired) electrons. The highest BCUT2D eigenvalue weighted by atomic mass is 16.4. The zero-order valence-electron chi connectivity index (χ0n) is 14.3. The van der Waals surface area contributed by atoms with Crippen LogP contribution in [-0.4, -0.2) is 34.6 Å². The van der Waals surface area contributed by atoms with Crippen molar-refractivity contribution in [3.05, 3.63) is 65.7 Å².